The van der Waals surface area contributed by atoms with E-state index in [4.69, 9.17) is 11.6 Å². The average Bonchev–Trinajstić information content (AvgIpc) is 3.02. The molecule has 7 heteroatoms. The van der Waals surface area contributed by atoms with Crippen LogP contribution in [0, 0.1) is 0 Å². The lowest BCUT2D eigenvalue weighted by Gasteiger charge is -2.29. The summed E-state index contributed by atoms with van der Waals surface area (Å²) in [4.78, 5) is 39.4. The van der Waals surface area contributed by atoms with E-state index >= 15 is 0 Å². The molecule has 1 aliphatic carbocycles. The van der Waals surface area contributed by atoms with Crippen LogP contribution in [0.1, 0.15) is 48.0 Å². The molecule has 160 valence electrons. The zero-order valence-corrected chi connectivity index (χ0v) is 17.8. The van der Waals surface area contributed by atoms with Crippen LogP contribution in [0.4, 0.5) is 5.69 Å². The molecule has 2 N–H and O–H groups in total. The Bertz CT molecular complexity index is 1030. The smallest absolute Gasteiger partial charge is 0.279 e. The number of anilines is 1. The molecule has 2 aliphatic rings. The number of carbonyl (C=O) groups excluding carboxylic acids is 3. The van der Waals surface area contributed by atoms with Crippen molar-refractivity contribution in [3.8, 4) is 0 Å². The van der Waals surface area contributed by atoms with Crippen LogP contribution in [0.15, 0.2) is 65.3 Å². The molecule has 0 unspecified atom stereocenters. The summed E-state index contributed by atoms with van der Waals surface area (Å²) in [5, 5.41) is 5.74. The fourth-order valence-corrected chi connectivity index (χ4v) is 4.28. The average molecular weight is 438 g/mol. The van der Waals surface area contributed by atoms with Crippen molar-refractivity contribution in [2.24, 2.45) is 0 Å². The Balaban J connectivity index is 1.45. The molecular weight excluding hydrogens is 414 g/mol. The topological polar surface area (TPSA) is 78.5 Å². The summed E-state index contributed by atoms with van der Waals surface area (Å²) in [5.41, 5.74) is 2.03. The van der Waals surface area contributed by atoms with Gasteiger partial charge in [0.05, 0.1) is 0 Å². The Hall–Kier alpha value is -3.12. The van der Waals surface area contributed by atoms with Crippen LogP contribution in [-0.2, 0) is 16.1 Å². The molecule has 0 atom stereocenters. The van der Waals surface area contributed by atoms with Gasteiger partial charge in [0.1, 0.15) is 10.7 Å². The summed E-state index contributed by atoms with van der Waals surface area (Å²) in [7, 11) is 0. The quantitative estimate of drug-likeness (QED) is 0.664. The molecular formula is C24H24ClN3O3. The first kappa shape index (κ1) is 21.1. The fraction of sp³-hybridized carbons (Fsp3) is 0.292. The number of halogens is 1. The molecule has 0 radical (unpaired) electrons. The SMILES string of the molecule is O=C(NCc1ccccc1)c1cccc(NC2=C(Cl)C(=O)N(C3CCCCC3)C2=O)c1. The lowest BCUT2D eigenvalue weighted by Crippen LogP contribution is -2.42. The Morgan fingerprint density at radius 1 is 0.968 bits per heavy atom. The second-order valence-corrected chi connectivity index (χ2v) is 8.21. The zero-order valence-electron chi connectivity index (χ0n) is 17.1. The van der Waals surface area contributed by atoms with Gasteiger partial charge in [0, 0.05) is 23.8 Å². The molecule has 0 spiro atoms. The van der Waals surface area contributed by atoms with Gasteiger partial charge < -0.3 is 10.6 Å². The molecule has 2 aromatic carbocycles. The van der Waals surface area contributed by atoms with Gasteiger partial charge in [0.15, 0.2) is 0 Å². The minimum Gasteiger partial charge on any atom is -0.350 e. The van der Waals surface area contributed by atoms with Crippen molar-refractivity contribution in [3.63, 3.8) is 0 Å². The summed E-state index contributed by atoms with van der Waals surface area (Å²) in [6, 6.07) is 16.3. The van der Waals surface area contributed by atoms with Gasteiger partial charge in [0.25, 0.3) is 17.7 Å². The van der Waals surface area contributed by atoms with Crippen LogP contribution in [0.5, 0.6) is 0 Å². The number of nitrogens with zero attached hydrogens (tertiary/aromatic N) is 1. The van der Waals surface area contributed by atoms with E-state index < -0.39 is 11.8 Å². The van der Waals surface area contributed by atoms with Crippen molar-refractivity contribution in [2.75, 3.05) is 5.32 Å². The molecule has 4 rings (SSSR count). The Morgan fingerprint density at radius 3 is 2.45 bits per heavy atom. The van der Waals surface area contributed by atoms with E-state index in [9.17, 15) is 14.4 Å². The third kappa shape index (κ3) is 4.64. The van der Waals surface area contributed by atoms with Gasteiger partial charge in [-0.3, -0.25) is 19.3 Å². The molecule has 3 amide bonds. The highest BCUT2D eigenvalue weighted by atomic mass is 35.5. The first-order chi connectivity index (χ1) is 15.0. The molecule has 6 nitrogen and oxygen atoms in total. The van der Waals surface area contributed by atoms with Crippen molar-refractivity contribution >= 4 is 35.0 Å². The van der Waals surface area contributed by atoms with Crippen molar-refractivity contribution in [1.29, 1.82) is 0 Å². The highest BCUT2D eigenvalue weighted by molar-refractivity contribution is 6.48. The lowest BCUT2D eigenvalue weighted by atomic mass is 9.94. The number of hydrogen-bond donors (Lipinski definition) is 2. The van der Waals surface area contributed by atoms with Crippen LogP contribution < -0.4 is 10.6 Å². The minimum absolute atomic E-state index is 0.0686. The number of nitrogens with one attached hydrogen (secondary N) is 2. The predicted molar refractivity (Wildman–Crippen MR) is 119 cm³/mol. The normalized spacial score (nSPS) is 17.3. The number of amides is 3. The van der Waals surface area contributed by atoms with Crippen molar-refractivity contribution in [1.82, 2.24) is 10.2 Å². The zero-order chi connectivity index (χ0) is 21.8. The standard InChI is InChI=1S/C24H24ClN3O3/c25-20-21(24(31)28(23(20)30)19-12-5-2-6-13-19)27-18-11-7-10-17(14-18)22(29)26-15-16-8-3-1-4-9-16/h1,3-4,7-11,14,19,27H,2,5-6,12-13,15H2,(H,26,29). The molecule has 0 aromatic heterocycles. The predicted octanol–water partition coefficient (Wildman–Crippen LogP) is 4.18. The van der Waals surface area contributed by atoms with E-state index in [2.05, 4.69) is 10.6 Å². The maximum absolute atomic E-state index is 12.9. The van der Waals surface area contributed by atoms with E-state index in [0.29, 0.717) is 17.8 Å². The van der Waals surface area contributed by atoms with Crippen LogP contribution in [0.2, 0.25) is 0 Å². The van der Waals surface area contributed by atoms with Crippen LogP contribution in [0.3, 0.4) is 0 Å². The van der Waals surface area contributed by atoms with Gasteiger partial charge in [-0.25, -0.2) is 0 Å². The second-order valence-electron chi connectivity index (χ2n) is 7.84. The van der Waals surface area contributed by atoms with Gasteiger partial charge in [-0.15, -0.1) is 0 Å². The summed E-state index contributed by atoms with van der Waals surface area (Å²) >= 11 is 6.23. The summed E-state index contributed by atoms with van der Waals surface area (Å²) in [6.45, 7) is 0.414. The maximum atomic E-state index is 12.9. The molecule has 0 bridgehead atoms. The van der Waals surface area contributed by atoms with Crippen LogP contribution in [0.25, 0.3) is 0 Å². The number of imide groups is 1. The highest BCUT2D eigenvalue weighted by Crippen LogP contribution is 2.32. The molecule has 2 aromatic rings. The third-order valence-electron chi connectivity index (χ3n) is 5.69. The molecule has 0 saturated heterocycles. The van der Waals surface area contributed by atoms with E-state index in [1.807, 2.05) is 30.3 Å². The van der Waals surface area contributed by atoms with E-state index in [-0.39, 0.29) is 22.7 Å². The number of hydrogen-bond acceptors (Lipinski definition) is 4. The van der Waals surface area contributed by atoms with Crippen molar-refractivity contribution in [3.05, 3.63) is 76.5 Å². The summed E-state index contributed by atoms with van der Waals surface area (Å²) in [5.74, 6) is -1.08. The van der Waals surface area contributed by atoms with Gasteiger partial charge in [-0.05, 0) is 36.6 Å². The van der Waals surface area contributed by atoms with E-state index in [1.54, 1.807) is 24.3 Å². The monoisotopic (exact) mass is 437 g/mol. The number of carbonyl (C=O) groups is 3. The molecule has 1 saturated carbocycles. The largest absolute Gasteiger partial charge is 0.350 e. The third-order valence-corrected chi connectivity index (χ3v) is 6.04. The first-order valence-electron chi connectivity index (χ1n) is 10.5. The first-order valence-corrected chi connectivity index (χ1v) is 10.9. The molecule has 1 fully saturated rings. The highest BCUT2D eigenvalue weighted by Gasteiger charge is 2.42. The number of rotatable bonds is 6. The molecule has 31 heavy (non-hydrogen) atoms. The Kier molecular flexibility index (Phi) is 6.37. The maximum Gasteiger partial charge on any atom is 0.279 e. The second kappa shape index (κ2) is 9.35. The van der Waals surface area contributed by atoms with E-state index in [0.717, 1.165) is 37.7 Å². The number of benzene rings is 2. The van der Waals surface area contributed by atoms with Gasteiger partial charge >= 0.3 is 0 Å². The molecule has 1 aliphatic heterocycles. The van der Waals surface area contributed by atoms with Gasteiger partial charge in [0.2, 0.25) is 0 Å². The molecule has 1 heterocycles. The summed E-state index contributed by atoms with van der Waals surface area (Å²) in [6.07, 6.45) is 4.75. The Labute approximate surface area is 186 Å². The fourth-order valence-electron chi connectivity index (χ4n) is 4.06. The van der Waals surface area contributed by atoms with Crippen molar-refractivity contribution < 1.29 is 14.4 Å². The Morgan fingerprint density at radius 2 is 1.71 bits per heavy atom. The van der Waals surface area contributed by atoms with Crippen molar-refractivity contribution in [2.45, 2.75) is 44.7 Å². The van der Waals surface area contributed by atoms with E-state index in [1.165, 1.54) is 4.90 Å². The van der Waals surface area contributed by atoms with Gasteiger partial charge in [-0.2, -0.15) is 0 Å². The van der Waals surface area contributed by atoms with Crippen LogP contribution >= 0.6 is 11.6 Å². The summed E-state index contributed by atoms with van der Waals surface area (Å²) < 4.78 is 0. The minimum atomic E-state index is -0.446. The van der Waals surface area contributed by atoms with Crippen LogP contribution in [-0.4, -0.2) is 28.7 Å². The lowest BCUT2D eigenvalue weighted by molar-refractivity contribution is -0.140. The van der Waals surface area contributed by atoms with Gasteiger partial charge in [-0.1, -0.05) is 67.3 Å².